The number of likely N-dealkylation sites (tertiary alicyclic amines) is 1. The molecule has 1 amide bonds. The van der Waals surface area contributed by atoms with Crippen molar-refractivity contribution in [2.24, 2.45) is 5.92 Å². The molecular formula is C23H31N5O3. The molecule has 3 aliphatic rings. The van der Waals surface area contributed by atoms with Crippen LogP contribution in [0.2, 0.25) is 0 Å². The smallest absolute Gasteiger partial charge is 0.225 e. The number of carbonyl (C=O) groups is 1. The predicted octanol–water partition coefficient (Wildman–Crippen LogP) is 3.17. The zero-order chi connectivity index (χ0) is 21.2. The van der Waals surface area contributed by atoms with Crippen LogP contribution < -0.4 is 4.90 Å². The monoisotopic (exact) mass is 425 g/mol. The second-order valence-electron chi connectivity index (χ2n) is 8.98. The lowest BCUT2D eigenvalue weighted by Crippen LogP contribution is -2.41. The van der Waals surface area contributed by atoms with Crippen molar-refractivity contribution in [1.82, 2.24) is 20.0 Å². The van der Waals surface area contributed by atoms with Gasteiger partial charge in [-0.25, -0.2) is 9.97 Å². The minimum Gasteiger partial charge on any atom is -0.378 e. The first-order chi connectivity index (χ1) is 15.2. The van der Waals surface area contributed by atoms with Crippen molar-refractivity contribution in [2.45, 2.75) is 51.4 Å². The van der Waals surface area contributed by atoms with Crippen molar-refractivity contribution in [1.29, 1.82) is 0 Å². The van der Waals surface area contributed by atoms with Crippen LogP contribution in [0.3, 0.4) is 0 Å². The fourth-order valence-corrected chi connectivity index (χ4v) is 5.10. The van der Waals surface area contributed by atoms with Crippen LogP contribution in [0.25, 0.3) is 11.3 Å². The molecule has 166 valence electrons. The largest absolute Gasteiger partial charge is 0.378 e. The van der Waals surface area contributed by atoms with E-state index in [4.69, 9.17) is 14.2 Å². The average Bonchev–Trinajstić information content (AvgIpc) is 3.51. The number of hydrogen-bond acceptors (Lipinski definition) is 7. The highest BCUT2D eigenvalue weighted by atomic mass is 16.5. The molecule has 1 saturated carbocycles. The highest BCUT2D eigenvalue weighted by Gasteiger charge is 2.32. The average molecular weight is 426 g/mol. The van der Waals surface area contributed by atoms with Crippen LogP contribution in [0.5, 0.6) is 0 Å². The Morgan fingerprint density at radius 3 is 2.48 bits per heavy atom. The van der Waals surface area contributed by atoms with Gasteiger partial charge < -0.3 is 19.1 Å². The predicted molar refractivity (Wildman–Crippen MR) is 116 cm³/mol. The number of aryl methyl sites for hydroxylation is 1. The molecule has 0 aromatic carbocycles. The van der Waals surface area contributed by atoms with Crippen LogP contribution >= 0.6 is 0 Å². The van der Waals surface area contributed by atoms with Gasteiger partial charge in [0.25, 0.3) is 0 Å². The van der Waals surface area contributed by atoms with Gasteiger partial charge in [-0.2, -0.15) is 0 Å². The van der Waals surface area contributed by atoms with Crippen LogP contribution in [0.4, 0.5) is 5.95 Å². The molecule has 5 rings (SSSR count). The summed E-state index contributed by atoms with van der Waals surface area (Å²) in [4.78, 5) is 26.8. The second-order valence-corrected chi connectivity index (χ2v) is 8.98. The van der Waals surface area contributed by atoms with Gasteiger partial charge in [-0.3, -0.25) is 4.79 Å². The molecule has 8 heteroatoms. The summed E-state index contributed by atoms with van der Waals surface area (Å²) >= 11 is 0. The molecule has 0 atom stereocenters. The summed E-state index contributed by atoms with van der Waals surface area (Å²) in [6.45, 7) is 6.51. The standard InChI is InChI=1S/C23H31N5O3/c1-16-14-20(31-26-16)19-15-24-23(28-10-12-30-13-11-28)25-21(19)17-6-8-27(9-7-17)22(29)18-4-2-3-5-18/h14-15,17-18H,2-13H2,1H3. The van der Waals surface area contributed by atoms with E-state index in [0.717, 1.165) is 74.8 Å². The van der Waals surface area contributed by atoms with Crippen LogP contribution in [0.1, 0.15) is 55.8 Å². The molecule has 2 aliphatic heterocycles. The summed E-state index contributed by atoms with van der Waals surface area (Å²) in [5.74, 6) is 2.35. The van der Waals surface area contributed by atoms with Crippen molar-refractivity contribution in [2.75, 3.05) is 44.3 Å². The Bertz CT molecular complexity index is 910. The summed E-state index contributed by atoms with van der Waals surface area (Å²) in [5.41, 5.74) is 2.77. The van der Waals surface area contributed by atoms with E-state index in [1.807, 2.05) is 19.2 Å². The quantitative estimate of drug-likeness (QED) is 0.744. The third-order valence-corrected chi connectivity index (χ3v) is 6.89. The molecule has 2 aromatic heterocycles. The number of nitrogens with zero attached hydrogens (tertiary/aromatic N) is 5. The first kappa shape index (κ1) is 20.4. The maximum absolute atomic E-state index is 12.9. The molecule has 4 heterocycles. The van der Waals surface area contributed by atoms with Gasteiger partial charge in [0, 0.05) is 50.3 Å². The van der Waals surface area contributed by atoms with Gasteiger partial charge in [0.1, 0.15) is 0 Å². The molecule has 2 aromatic rings. The lowest BCUT2D eigenvalue weighted by molar-refractivity contribution is -0.136. The van der Waals surface area contributed by atoms with Gasteiger partial charge in [0.15, 0.2) is 5.76 Å². The van der Waals surface area contributed by atoms with Gasteiger partial charge >= 0.3 is 0 Å². The first-order valence-corrected chi connectivity index (χ1v) is 11.6. The molecule has 0 spiro atoms. The number of anilines is 1. The lowest BCUT2D eigenvalue weighted by Gasteiger charge is -2.34. The van der Waals surface area contributed by atoms with Crippen molar-refractivity contribution in [3.05, 3.63) is 23.7 Å². The number of carbonyl (C=O) groups excluding carboxylic acids is 1. The second kappa shape index (κ2) is 8.94. The van der Waals surface area contributed by atoms with Gasteiger partial charge in [-0.05, 0) is 32.6 Å². The lowest BCUT2D eigenvalue weighted by atomic mass is 9.89. The zero-order valence-electron chi connectivity index (χ0n) is 18.3. The molecule has 0 radical (unpaired) electrons. The Kier molecular flexibility index (Phi) is 5.89. The number of rotatable bonds is 4. The Labute approximate surface area is 183 Å². The summed E-state index contributed by atoms with van der Waals surface area (Å²) in [6.07, 6.45) is 8.21. The van der Waals surface area contributed by atoms with Crippen LogP contribution in [-0.2, 0) is 9.53 Å². The maximum Gasteiger partial charge on any atom is 0.225 e. The first-order valence-electron chi connectivity index (χ1n) is 11.6. The fourth-order valence-electron chi connectivity index (χ4n) is 5.10. The minimum absolute atomic E-state index is 0.247. The number of hydrogen-bond donors (Lipinski definition) is 0. The highest BCUT2D eigenvalue weighted by molar-refractivity contribution is 5.79. The Hall–Kier alpha value is -2.48. The Balaban J connectivity index is 1.37. The van der Waals surface area contributed by atoms with Crippen molar-refractivity contribution < 1.29 is 14.1 Å². The SMILES string of the molecule is Cc1cc(-c2cnc(N3CCOCC3)nc2C2CCN(C(=O)C3CCCC3)CC2)on1. The van der Waals surface area contributed by atoms with Gasteiger partial charge in [0.2, 0.25) is 11.9 Å². The van der Waals surface area contributed by atoms with Gasteiger partial charge in [-0.15, -0.1) is 0 Å². The molecule has 0 bridgehead atoms. The van der Waals surface area contributed by atoms with Crippen LogP contribution in [-0.4, -0.2) is 65.3 Å². The maximum atomic E-state index is 12.9. The number of ether oxygens (including phenoxy) is 1. The molecule has 0 N–H and O–H groups in total. The fraction of sp³-hybridized carbons (Fsp3) is 0.652. The normalized spacial score (nSPS) is 21.1. The van der Waals surface area contributed by atoms with E-state index in [9.17, 15) is 4.79 Å². The van der Waals surface area contributed by atoms with E-state index in [-0.39, 0.29) is 11.8 Å². The van der Waals surface area contributed by atoms with Crippen molar-refractivity contribution >= 4 is 11.9 Å². The molecule has 2 saturated heterocycles. The topological polar surface area (TPSA) is 84.6 Å². The Morgan fingerprint density at radius 1 is 1.06 bits per heavy atom. The Morgan fingerprint density at radius 2 is 1.81 bits per heavy atom. The highest BCUT2D eigenvalue weighted by Crippen LogP contribution is 2.36. The summed E-state index contributed by atoms with van der Waals surface area (Å²) in [5, 5.41) is 4.06. The molecule has 31 heavy (non-hydrogen) atoms. The van der Waals surface area contributed by atoms with Crippen LogP contribution in [0, 0.1) is 12.8 Å². The summed E-state index contributed by atoms with van der Waals surface area (Å²) < 4.78 is 11.0. The number of aromatic nitrogens is 3. The minimum atomic E-state index is 0.247. The van der Waals surface area contributed by atoms with Gasteiger partial charge in [-0.1, -0.05) is 18.0 Å². The zero-order valence-corrected chi connectivity index (χ0v) is 18.3. The van der Waals surface area contributed by atoms with E-state index < -0.39 is 0 Å². The van der Waals surface area contributed by atoms with Gasteiger partial charge in [0.05, 0.1) is 30.2 Å². The molecular weight excluding hydrogens is 394 g/mol. The van der Waals surface area contributed by atoms with Crippen molar-refractivity contribution in [3.8, 4) is 11.3 Å². The van der Waals surface area contributed by atoms with E-state index in [1.165, 1.54) is 12.8 Å². The third kappa shape index (κ3) is 4.31. The molecule has 8 nitrogen and oxygen atoms in total. The van der Waals surface area contributed by atoms with E-state index in [1.54, 1.807) is 0 Å². The molecule has 1 aliphatic carbocycles. The summed E-state index contributed by atoms with van der Waals surface area (Å²) in [6, 6.07) is 1.94. The number of morpholine rings is 1. The molecule has 0 unspecified atom stereocenters. The van der Waals surface area contributed by atoms with E-state index >= 15 is 0 Å². The van der Waals surface area contributed by atoms with Crippen LogP contribution in [0.15, 0.2) is 16.8 Å². The summed E-state index contributed by atoms with van der Waals surface area (Å²) in [7, 11) is 0. The van der Waals surface area contributed by atoms with Crippen molar-refractivity contribution in [3.63, 3.8) is 0 Å². The molecule has 3 fully saturated rings. The van der Waals surface area contributed by atoms with E-state index in [2.05, 4.69) is 19.9 Å². The third-order valence-electron chi connectivity index (χ3n) is 6.89. The number of amides is 1. The van der Waals surface area contributed by atoms with E-state index in [0.29, 0.717) is 24.9 Å². The number of piperidine rings is 1.